The van der Waals surface area contributed by atoms with Crippen molar-refractivity contribution in [2.75, 3.05) is 7.05 Å². The van der Waals surface area contributed by atoms with Crippen LogP contribution in [0.1, 0.15) is 36.0 Å². The summed E-state index contributed by atoms with van der Waals surface area (Å²) in [6, 6.07) is 0. The van der Waals surface area contributed by atoms with Crippen LogP contribution in [-0.2, 0) is 0 Å². The van der Waals surface area contributed by atoms with Gasteiger partial charge in [-0.05, 0) is 13.0 Å². The Morgan fingerprint density at radius 2 is 1.62 bits per heavy atom. The highest BCUT2D eigenvalue weighted by atomic mass is 14.8. The van der Waals surface area contributed by atoms with Crippen LogP contribution in [-0.4, -0.2) is 7.05 Å². The summed E-state index contributed by atoms with van der Waals surface area (Å²) < 4.78 is 0. The normalized spacial score (nSPS) is 8.46. The van der Waals surface area contributed by atoms with Crippen molar-refractivity contribution in [1.29, 1.82) is 0 Å². The van der Waals surface area contributed by atoms with E-state index in [1.54, 1.807) is 0 Å². The molecular formula is C12H27N. The number of hydrogen-bond donors (Lipinski definition) is 1. The van der Waals surface area contributed by atoms with Crippen LogP contribution in [0.15, 0.2) is 36.6 Å². The summed E-state index contributed by atoms with van der Waals surface area (Å²) in [5.41, 5.74) is 0.924. The highest BCUT2D eigenvalue weighted by Gasteiger charge is 1.73. The van der Waals surface area contributed by atoms with Gasteiger partial charge in [-0.3, -0.25) is 0 Å². The maximum atomic E-state index is 3.71. The van der Waals surface area contributed by atoms with Crippen LogP contribution in [0, 0.1) is 0 Å². The molecule has 0 unspecified atom stereocenters. The first-order chi connectivity index (χ1) is 6.31. The van der Waals surface area contributed by atoms with Gasteiger partial charge in [-0.25, -0.2) is 0 Å². The van der Waals surface area contributed by atoms with Gasteiger partial charge in [-0.1, -0.05) is 52.5 Å². The molecule has 0 radical (unpaired) electrons. The third kappa shape index (κ3) is 24.7. The fourth-order valence-corrected chi connectivity index (χ4v) is 0.366. The topological polar surface area (TPSA) is 12.0 Å². The molecule has 0 aliphatic rings. The quantitative estimate of drug-likeness (QED) is 0.651. The van der Waals surface area contributed by atoms with E-state index in [1.165, 1.54) is 0 Å². The Bertz CT molecular complexity index is 137. The molecule has 1 N–H and O–H groups in total. The molecule has 1 nitrogen and oxygen atoms in total. The Balaban J connectivity index is -0.0000000883. The molecule has 0 atom stereocenters. The summed E-state index contributed by atoms with van der Waals surface area (Å²) >= 11 is 0. The lowest BCUT2D eigenvalue weighted by Crippen LogP contribution is -1.99. The van der Waals surface area contributed by atoms with Crippen molar-refractivity contribution in [3.05, 3.63) is 36.6 Å². The Kier molecular flexibility index (Phi) is 31.0. The van der Waals surface area contributed by atoms with Gasteiger partial charge in [0.15, 0.2) is 0 Å². The summed E-state index contributed by atoms with van der Waals surface area (Å²) in [6.45, 7) is 13.7. The van der Waals surface area contributed by atoms with Crippen molar-refractivity contribution in [1.82, 2.24) is 5.32 Å². The first-order valence-corrected chi connectivity index (χ1v) is 4.97. The van der Waals surface area contributed by atoms with Crippen LogP contribution in [0.4, 0.5) is 0 Å². The average Bonchev–Trinajstić information content (AvgIpc) is 2.24. The zero-order chi connectivity index (χ0) is 11.1. The molecule has 80 valence electrons. The number of rotatable bonds is 3. The van der Waals surface area contributed by atoms with Crippen molar-refractivity contribution >= 4 is 0 Å². The number of likely N-dealkylation sites (N-methyl/N-ethyl adjacent to an activating group) is 1. The predicted molar refractivity (Wildman–Crippen MR) is 67.0 cm³/mol. The maximum Gasteiger partial charge on any atom is 0.0264 e. The molecule has 0 aliphatic heterocycles. The molecule has 0 fully saturated rings. The van der Waals surface area contributed by atoms with Gasteiger partial charge in [0.2, 0.25) is 0 Å². The number of nitrogens with one attached hydrogen (secondary N) is 1. The van der Waals surface area contributed by atoms with E-state index >= 15 is 0 Å². The molecule has 0 saturated carbocycles. The number of hydrogen-bond acceptors (Lipinski definition) is 1. The molecule has 0 bridgehead atoms. The molecule has 0 aromatic rings. The minimum Gasteiger partial charge on any atom is -0.389 e. The molecule has 0 aromatic carbocycles. The molecule has 1 heteroatoms. The second-order valence-electron chi connectivity index (χ2n) is 1.66. The molecule has 0 rings (SSSR count). The molecule has 0 heterocycles. The lowest BCUT2D eigenvalue weighted by Gasteiger charge is -1.92. The van der Waals surface area contributed by atoms with Gasteiger partial charge in [-0.15, -0.1) is 0 Å². The van der Waals surface area contributed by atoms with Gasteiger partial charge in [0.05, 0.1) is 0 Å². The van der Waals surface area contributed by atoms with Crippen LogP contribution in [0.25, 0.3) is 0 Å². The van der Waals surface area contributed by atoms with Gasteiger partial charge in [0.1, 0.15) is 0 Å². The van der Waals surface area contributed by atoms with E-state index in [0.29, 0.717) is 0 Å². The SMILES string of the molecule is C=C(/C=C\C=C/C)NC.CC.CC.[HH]. The third-order valence-electron chi connectivity index (χ3n) is 0.922. The van der Waals surface area contributed by atoms with E-state index in [2.05, 4.69) is 11.9 Å². The van der Waals surface area contributed by atoms with E-state index in [4.69, 9.17) is 0 Å². The van der Waals surface area contributed by atoms with E-state index in [1.807, 2.05) is 66.0 Å². The predicted octanol–water partition coefficient (Wildman–Crippen LogP) is 4.15. The molecule has 13 heavy (non-hydrogen) atoms. The zero-order valence-electron chi connectivity index (χ0n) is 10.0. The minimum absolute atomic E-state index is 0. The summed E-state index contributed by atoms with van der Waals surface area (Å²) in [6.07, 6.45) is 7.79. The highest BCUT2D eigenvalue weighted by molar-refractivity contribution is 5.16. The minimum atomic E-state index is 0. The van der Waals surface area contributed by atoms with Crippen molar-refractivity contribution in [2.24, 2.45) is 0 Å². The molecule has 0 aliphatic carbocycles. The van der Waals surface area contributed by atoms with Crippen molar-refractivity contribution in [3.63, 3.8) is 0 Å². The standard InChI is InChI=1S/C8H13N.2C2H6.H2/c1-4-5-6-7-8(2)9-3;2*1-2;/h4-7,9H,2H2,1,3H3;2*1-2H3;1H/b5-4-,7-6-;;;. The van der Waals surface area contributed by atoms with Gasteiger partial charge in [-0.2, -0.15) is 0 Å². The van der Waals surface area contributed by atoms with E-state index in [9.17, 15) is 0 Å². The van der Waals surface area contributed by atoms with Crippen LogP contribution in [0.2, 0.25) is 0 Å². The summed E-state index contributed by atoms with van der Waals surface area (Å²) in [4.78, 5) is 0. The average molecular weight is 185 g/mol. The second kappa shape index (κ2) is 22.5. The van der Waals surface area contributed by atoms with Crippen LogP contribution >= 0.6 is 0 Å². The van der Waals surface area contributed by atoms with Crippen molar-refractivity contribution in [3.8, 4) is 0 Å². The monoisotopic (exact) mass is 185 g/mol. The lowest BCUT2D eigenvalue weighted by molar-refractivity contribution is 1.04. The molecular weight excluding hydrogens is 158 g/mol. The zero-order valence-corrected chi connectivity index (χ0v) is 10.0. The fourth-order valence-electron chi connectivity index (χ4n) is 0.366. The fraction of sp³-hybridized carbons (Fsp3) is 0.500. The van der Waals surface area contributed by atoms with Crippen LogP contribution in [0.3, 0.4) is 0 Å². The summed E-state index contributed by atoms with van der Waals surface area (Å²) in [5.74, 6) is 0. The van der Waals surface area contributed by atoms with E-state index in [-0.39, 0.29) is 1.43 Å². The van der Waals surface area contributed by atoms with Gasteiger partial charge in [0.25, 0.3) is 0 Å². The van der Waals surface area contributed by atoms with Gasteiger partial charge in [0, 0.05) is 14.2 Å². The van der Waals surface area contributed by atoms with Crippen LogP contribution < -0.4 is 5.32 Å². The molecule has 0 saturated heterocycles. The first kappa shape index (κ1) is 17.9. The van der Waals surface area contributed by atoms with Gasteiger partial charge < -0.3 is 5.32 Å². The Morgan fingerprint density at radius 1 is 1.15 bits per heavy atom. The lowest BCUT2D eigenvalue weighted by atomic mass is 10.4. The van der Waals surface area contributed by atoms with Crippen molar-refractivity contribution < 1.29 is 1.43 Å². The summed E-state index contributed by atoms with van der Waals surface area (Å²) in [7, 11) is 1.85. The molecule has 0 aromatic heterocycles. The Morgan fingerprint density at radius 3 is 1.92 bits per heavy atom. The van der Waals surface area contributed by atoms with Gasteiger partial charge >= 0.3 is 0 Å². The Hall–Kier alpha value is -0.980. The second-order valence-corrected chi connectivity index (χ2v) is 1.66. The molecule has 0 spiro atoms. The number of allylic oxidation sites excluding steroid dienone is 4. The largest absolute Gasteiger partial charge is 0.389 e. The summed E-state index contributed by atoms with van der Waals surface area (Å²) in [5, 5.41) is 2.91. The highest BCUT2D eigenvalue weighted by Crippen LogP contribution is 1.84. The smallest absolute Gasteiger partial charge is 0.0264 e. The maximum absolute atomic E-state index is 3.71. The first-order valence-electron chi connectivity index (χ1n) is 4.97. The molecule has 0 amide bonds. The van der Waals surface area contributed by atoms with Crippen molar-refractivity contribution in [2.45, 2.75) is 34.6 Å². The van der Waals surface area contributed by atoms with E-state index in [0.717, 1.165) is 5.70 Å². The third-order valence-corrected chi connectivity index (χ3v) is 0.922. The van der Waals surface area contributed by atoms with Crippen LogP contribution in [0.5, 0.6) is 0 Å². The van der Waals surface area contributed by atoms with E-state index < -0.39 is 0 Å². The Labute approximate surface area is 85.7 Å².